The van der Waals surface area contributed by atoms with Crippen LogP contribution in [0.25, 0.3) is 11.6 Å². The molecule has 0 aliphatic heterocycles. The molecule has 0 aliphatic carbocycles. The molecular weight excluding hydrogens is 476 g/mol. The molecule has 2 atom stereocenters. The van der Waals surface area contributed by atoms with E-state index in [-0.39, 0.29) is 11.7 Å². The fraction of sp³-hybridized carbons (Fsp3) is 0.250. The molecule has 2 aromatic carbocycles. The molecule has 0 saturated heterocycles. The first-order chi connectivity index (χ1) is 18.9. The summed E-state index contributed by atoms with van der Waals surface area (Å²) in [6.07, 6.45) is 23.1. The van der Waals surface area contributed by atoms with E-state index >= 15 is 0 Å². The molecule has 0 radical (unpaired) electrons. The molecule has 3 rings (SSSR count). The van der Waals surface area contributed by atoms with Gasteiger partial charge in [0.2, 0.25) is 0 Å². The summed E-state index contributed by atoms with van der Waals surface area (Å²) in [5.74, 6) is 0.313. The summed E-state index contributed by atoms with van der Waals surface area (Å²) < 4.78 is 2.35. The molecule has 0 saturated carbocycles. The minimum atomic E-state index is -0.597. The Morgan fingerprint density at radius 2 is 1.77 bits per heavy atom. The van der Waals surface area contributed by atoms with Crippen molar-refractivity contribution in [1.29, 1.82) is 0 Å². The van der Waals surface area contributed by atoms with E-state index in [9.17, 15) is 5.11 Å². The van der Waals surface area contributed by atoms with Crippen molar-refractivity contribution in [2.45, 2.75) is 53.0 Å². The van der Waals surface area contributed by atoms with Gasteiger partial charge in [0.25, 0.3) is 0 Å². The van der Waals surface area contributed by atoms with Gasteiger partial charge in [-0.05, 0) is 61.1 Å². The smallest absolute Gasteiger partial charge is 0.115 e. The van der Waals surface area contributed by atoms with Gasteiger partial charge in [-0.3, -0.25) is 0 Å². The summed E-state index contributed by atoms with van der Waals surface area (Å²) in [5, 5.41) is 11.8. The zero-order valence-electron chi connectivity index (χ0n) is 24.0. The second kappa shape index (κ2) is 14.2. The van der Waals surface area contributed by atoms with Crippen LogP contribution in [0.2, 0.25) is 0 Å². The van der Waals surface area contributed by atoms with Crippen molar-refractivity contribution in [3.63, 3.8) is 0 Å². The quantitative estimate of drug-likeness (QED) is 0.266. The third-order valence-electron chi connectivity index (χ3n) is 7.08. The molecule has 202 valence electrons. The molecule has 2 unspecified atom stereocenters. The number of rotatable bonds is 11. The number of hydrogen-bond acceptors (Lipinski definition) is 2. The average molecular weight is 519 g/mol. The van der Waals surface area contributed by atoms with E-state index in [1.807, 2.05) is 24.5 Å². The number of allylic oxidation sites excluding steroid dienone is 9. The Hall–Kier alpha value is -4.11. The summed E-state index contributed by atoms with van der Waals surface area (Å²) in [6.45, 7) is 14.8. The Kier molecular flexibility index (Phi) is 10.7. The molecule has 1 aromatic heterocycles. The van der Waals surface area contributed by atoms with Crippen LogP contribution in [0.15, 0.2) is 122 Å². The number of imidazole rings is 1. The fourth-order valence-corrected chi connectivity index (χ4v) is 5.25. The van der Waals surface area contributed by atoms with Gasteiger partial charge in [0, 0.05) is 5.92 Å². The van der Waals surface area contributed by atoms with E-state index in [0.29, 0.717) is 0 Å². The number of aromatic nitrogens is 2. The molecule has 0 fully saturated rings. The van der Waals surface area contributed by atoms with E-state index < -0.39 is 5.54 Å². The Morgan fingerprint density at radius 3 is 2.38 bits per heavy atom. The van der Waals surface area contributed by atoms with E-state index in [1.54, 1.807) is 12.1 Å². The highest BCUT2D eigenvalue weighted by molar-refractivity contribution is 5.63. The number of phenols is 1. The van der Waals surface area contributed by atoms with E-state index in [0.717, 1.165) is 40.2 Å². The maximum Gasteiger partial charge on any atom is 0.115 e. The van der Waals surface area contributed by atoms with Crippen molar-refractivity contribution < 1.29 is 5.11 Å². The standard InChI is InChI=1S/C36H42N2O/c1-7-11-12-14-20-28(5)36(31(17-8-2)18-9-3,32-21-15-13-16-22-32)38-27-37-35(34(38)19-10-4)29(6)30-23-25-33(39)26-24-30/h8-9,11-28,39H,2,7,10H2,1,3-6H3/b12-11-,18-9-,20-14-,31-17+,34-19+,35-29-. The molecule has 0 amide bonds. The maximum atomic E-state index is 9.85. The van der Waals surface area contributed by atoms with Crippen LogP contribution in [0.3, 0.4) is 0 Å². The molecule has 3 aromatic rings. The second-order valence-electron chi connectivity index (χ2n) is 9.63. The Morgan fingerprint density at radius 1 is 1.05 bits per heavy atom. The van der Waals surface area contributed by atoms with Gasteiger partial charge in [-0.1, -0.05) is 124 Å². The van der Waals surface area contributed by atoms with Crippen LogP contribution in [0.4, 0.5) is 0 Å². The fourth-order valence-electron chi connectivity index (χ4n) is 5.25. The Bertz CT molecular complexity index is 1470. The summed E-state index contributed by atoms with van der Waals surface area (Å²) >= 11 is 0. The van der Waals surface area contributed by atoms with Crippen LogP contribution in [0, 0.1) is 5.92 Å². The Balaban J connectivity index is 2.53. The van der Waals surface area contributed by atoms with Gasteiger partial charge in [0.05, 0.1) is 17.0 Å². The van der Waals surface area contributed by atoms with E-state index in [2.05, 4.69) is 125 Å². The van der Waals surface area contributed by atoms with Gasteiger partial charge in [0.1, 0.15) is 11.3 Å². The summed E-state index contributed by atoms with van der Waals surface area (Å²) in [6, 6.07) is 18.0. The number of aromatic hydroxyl groups is 1. The first kappa shape index (κ1) is 29.4. The predicted octanol–water partition coefficient (Wildman–Crippen LogP) is 7.59. The average Bonchev–Trinajstić information content (AvgIpc) is 3.36. The summed E-state index contributed by atoms with van der Waals surface area (Å²) in [4.78, 5) is 5.04. The number of hydrogen-bond donors (Lipinski definition) is 1. The van der Waals surface area contributed by atoms with Crippen molar-refractivity contribution in [1.82, 2.24) is 9.55 Å². The molecule has 0 spiro atoms. The lowest BCUT2D eigenvalue weighted by molar-refractivity contribution is 0.333. The van der Waals surface area contributed by atoms with Gasteiger partial charge >= 0.3 is 0 Å². The van der Waals surface area contributed by atoms with Crippen LogP contribution in [0.5, 0.6) is 5.75 Å². The van der Waals surface area contributed by atoms with Gasteiger partial charge in [-0.2, -0.15) is 0 Å². The van der Waals surface area contributed by atoms with Crippen LogP contribution >= 0.6 is 0 Å². The van der Waals surface area contributed by atoms with Crippen LogP contribution in [0.1, 0.15) is 58.6 Å². The second-order valence-corrected chi connectivity index (χ2v) is 9.63. The van der Waals surface area contributed by atoms with Crippen LogP contribution < -0.4 is 10.7 Å². The van der Waals surface area contributed by atoms with E-state index in [4.69, 9.17) is 4.98 Å². The maximum absolute atomic E-state index is 9.85. The highest BCUT2D eigenvalue weighted by Crippen LogP contribution is 2.41. The van der Waals surface area contributed by atoms with E-state index in [1.165, 1.54) is 5.56 Å². The number of phenolic OH excluding ortho intramolecular Hbond substituents is 1. The molecule has 3 nitrogen and oxygen atoms in total. The SMILES string of the molecule is C=C/C=C(\C=C/C)C(c1ccccc1)(C(C)/C=C\C=C/CC)n1cnc(=C(/C)c2ccc(O)cc2)/c1=C\CC. The van der Waals surface area contributed by atoms with Crippen molar-refractivity contribution in [2.24, 2.45) is 5.92 Å². The highest BCUT2D eigenvalue weighted by Gasteiger charge is 2.42. The molecule has 0 bridgehead atoms. The Labute approximate surface area is 234 Å². The molecule has 1 heterocycles. The summed E-state index contributed by atoms with van der Waals surface area (Å²) in [5.41, 5.74) is 3.79. The van der Waals surface area contributed by atoms with Crippen molar-refractivity contribution in [3.8, 4) is 5.75 Å². The zero-order valence-corrected chi connectivity index (χ0v) is 24.0. The summed E-state index contributed by atoms with van der Waals surface area (Å²) in [7, 11) is 0. The van der Waals surface area contributed by atoms with Crippen molar-refractivity contribution in [3.05, 3.63) is 144 Å². The normalized spacial score (nSPS) is 16.2. The molecule has 0 aliphatic rings. The van der Waals surface area contributed by atoms with Crippen molar-refractivity contribution in [2.75, 3.05) is 0 Å². The third kappa shape index (κ3) is 6.31. The van der Waals surface area contributed by atoms with Gasteiger partial charge in [-0.25, -0.2) is 4.98 Å². The van der Waals surface area contributed by atoms with Crippen molar-refractivity contribution >= 4 is 11.6 Å². The minimum absolute atomic E-state index is 0.0591. The lowest BCUT2D eigenvalue weighted by atomic mass is 9.72. The zero-order chi connectivity index (χ0) is 28.3. The molecule has 1 N–H and O–H groups in total. The van der Waals surface area contributed by atoms with Gasteiger partial charge in [0.15, 0.2) is 0 Å². The first-order valence-electron chi connectivity index (χ1n) is 13.8. The lowest BCUT2D eigenvalue weighted by Gasteiger charge is -2.42. The molecule has 3 heteroatoms. The van der Waals surface area contributed by atoms with Gasteiger partial charge in [-0.15, -0.1) is 0 Å². The first-order valence-corrected chi connectivity index (χ1v) is 13.8. The molecular formula is C36H42N2O. The van der Waals surface area contributed by atoms with Gasteiger partial charge < -0.3 is 9.67 Å². The number of nitrogens with zero attached hydrogens (tertiary/aromatic N) is 2. The lowest BCUT2D eigenvalue weighted by Crippen LogP contribution is -2.49. The highest BCUT2D eigenvalue weighted by atomic mass is 16.3. The predicted molar refractivity (Wildman–Crippen MR) is 167 cm³/mol. The third-order valence-corrected chi connectivity index (χ3v) is 7.08. The number of benzene rings is 2. The monoisotopic (exact) mass is 518 g/mol. The topological polar surface area (TPSA) is 38.0 Å². The minimum Gasteiger partial charge on any atom is -0.508 e. The molecule has 39 heavy (non-hydrogen) atoms. The van der Waals surface area contributed by atoms with Crippen LogP contribution in [-0.2, 0) is 5.54 Å². The largest absolute Gasteiger partial charge is 0.508 e. The van der Waals surface area contributed by atoms with Crippen LogP contribution in [-0.4, -0.2) is 14.7 Å².